The van der Waals surface area contributed by atoms with Gasteiger partial charge in [0.15, 0.2) is 0 Å². The molecule has 68 valence electrons. The van der Waals surface area contributed by atoms with E-state index in [0.29, 0.717) is 5.92 Å². The van der Waals surface area contributed by atoms with Crippen LogP contribution < -0.4 is 0 Å². The number of aldehydes is 1. The van der Waals surface area contributed by atoms with E-state index in [9.17, 15) is 4.79 Å². The van der Waals surface area contributed by atoms with E-state index in [0.717, 1.165) is 19.1 Å². The summed E-state index contributed by atoms with van der Waals surface area (Å²) in [4.78, 5) is 11.0. The molecular formula is C11H18O. The van der Waals surface area contributed by atoms with E-state index in [1.165, 1.54) is 0 Å². The molecule has 0 saturated heterocycles. The van der Waals surface area contributed by atoms with Gasteiger partial charge in [-0.25, -0.2) is 0 Å². The second-order valence-corrected chi connectivity index (χ2v) is 4.64. The third kappa shape index (κ3) is 1.12. The van der Waals surface area contributed by atoms with E-state index in [-0.39, 0.29) is 10.8 Å². The summed E-state index contributed by atoms with van der Waals surface area (Å²) in [5, 5.41) is 0. The molecule has 0 bridgehead atoms. The highest BCUT2D eigenvalue weighted by Crippen LogP contribution is 2.66. The Morgan fingerprint density at radius 3 is 2.33 bits per heavy atom. The van der Waals surface area contributed by atoms with Crippen LogP contribution in [-0.2, 0) is 4.79 Å². The molecule has 0 aromatic rings. The highest BCUT2D eigenvalue weighted by atomic mass is 16.1. The molecule has 1 fully saturated rings. The molecule has 0 radical (unpaired) electrons. The molecule has 0 spiro atoms. The van der Waals surface area contributed by atoms with Gasteiger partial charge in [-0.1, -0.05) is 26.8 Å². The fourth-order valence-electron chi connectivity index (χ4n) is 2.31. The summed E-state index contributed by atoms with van der Waals surface area (Å²) in [6, 6.07) is 0. The average molecular weight is 166 g/mol. The number of hydrogen-bond donors (Lipinski definition) is 0. The van der Waals surface area contributed by atoms with E-state index in [1.54, 1.807) is 0 Å². The molecule has 12 heavy (non-hydrogen) atoms. The molecule has 1 rings (SSSR count). The summed E-state index contributed by atoms with van der Waals surface area (Å²) < 4.78 is 0. The fraction of sp³-hybridized carbons (Fsp3) is 0.727. The minimum atomic E-state index is -0.0544. The maximum absolute atomic E-state index is 11.0. The second kappa shape index (κ2) is 2.72. The van der Waals surface area contributed by atoms with Gasteiger partial charge in [-0.2, -0.15) is 0 Å². The molecule has 2 atom stereocenters. The zero-order chi connectivity index (χ0) is 9.41. The van der Waals surface area contributed by atoms with Crippen LogP contribution in [0, 0.1) is 16.7 Å². The number of rotatable bonds is 4. The Balaban J connectivity index is 2.71. The fourth-order valence-corrected chi connectivity index (χ4v) is 2.31. The average Bonchev–Trinajstić information content (AvgIpc) is 2.55. The molecule has 0 aliphatic heterocycles. The summed E-state index contributed by atoms with van der Waals surface area (Å²) in [5.41, 5.74) is 0.165. The first-order chi connectivity index (χ1) is 5.50. The van der Waals surface area contributed by atoms with Crippen molar-refractivity contribution in [3.63, 3.8) is 0 Å². The Hall–Kier alpha value is -0.590. The van der Waals surface area contributed by atoms with Crippen molar-refractivity contribution in [1.29, 1.82) is 0 Å². The van der Waals surface area contributed by atoms with Crippen LogP contribution in [-0.4, -0.2) is 6.29 Å². The zero-order valence-corrected chi connectivity index (χ0v) is 8.26. The predicted octanol–water partition coefficient (Wildman–Crippen LogP) is 2.81. The van der Waals surface area contributed by atoms with Crippen molar-refractivity contribution in [3.8, 4) is 0 Å². The lowest BCUT2D eigenvalue weighted by Crippen LogP contribution is -2.19. The van der Waals surface area contributed by atoms with Crippen LogP contribution in [0.25, 0.3) is 0 Å². The second-order valence-electron chi connectivity index (χ2n) is 4.64. The topological polar surface area (TPSA) is 17.1 Å². The van der Waals surface area contributed by atoms with Gasteiger partial charge in [-0.05, 0) is 24.2 Å². The molecule has 0 amide bonds. The number of carbonyl (C=O) groups is 1. The SMILES string of the molecule is C=CCC(C)C1(C=O)CC1(C)C. The van der Waals surface area contributed by atoms with Crippen LogP contribution in [0.2, 0.25) is 0 Å². The molecule has 1 aliphatic rings. The minimum Gasteiger partial charge on any atom is -0.303 e. The van der Waals surface area contributed by atoms with Crippen LogP contribution in [0.1, 0.15) is 33.6 Å². The molecule has 1 aliphatic carbocycles. The van der Waals surface area contributed by atoms with Gasteiger partial charge in [0.2, 0.25) is 0 Å². The van der Waals surface area contributed by atoms with Gasteiger partial charge in [-0.15, -0.1) is 6.58 Å². The van der Waals surface area contributed by atoms with Gasteiger partial charge in [0, 0.05) is 5.41 Å². The minimum absolute atomic E-state index is 0.0544. The zero-order valence-electron chi connectivity index (χ0n) is 8.26. The number of allylic oxidation sites excluding steroid dienone is 1. The molecule has 1 nitrogen and oxygen atoms in total. The van der Waals surface area contributed by atoms with E-state index in [2.05, 4.69) is 27.4 Å². The Labute approximate surface area is 74.9 Å². The van der Waals surface area contributed by atoms with Gasteiger partial charge in [0.25, 0.3) is 0 Å². The summed E-state index contributed by atoms with van der Waals surface area (Å²) in [6.07, 6.45) is 5.05. The Morgan fingerprint density at radius 1 is 1.58 bits per heavy atom. The lowest BCUT2D eigenvalue weighted by atomic mass is 9.83. The summed E-state index contributed by atoms with van der Waals surface area (Å²) >= 11 is 0. The molecule has 0 N–H and O–H groups in total. The van der Waals surface area contributed by atoms with E-state index >= 15 is 0 Å². The highest BCUT2D eigenvalue weighted by Gasteiger charge is 2.63. The molecule has 1 heteroatoms. The van der Waals surface area contributed by atoms with Crippen molar-refractivity contribution in [1.82, 2.24) is 0 Å². The Bertz CT molecular complexity index is 205. The van der Waals surface area contributed by atoms with E-state index in [1.807, 2.05) is 6.08 Å². The normalized spacial score (nSPS) is 33.9. The summed E-state index contributed by atoms with van der Waals surface area (Å²) in [5.74, 6) is 0.447. The first-order valence-corrected chi connectivity index (χ1v) is 4.57. The molecular weight excluding hydrogens is 148 g/mol. The lowest BCUT2D eigenvalue weighted by molar-refractivity contribution is -0.114. The van der Waals surface area contributed by atoms with Gasteiger partial charge in [0.1, 0.15) is 6.29 Å². The first-order valence-electron chi connectivity index (χ1n) is 4.57. The molecule has 1 saturated carbocycles. The Morgan fingerprint density at radius 2 is 2.08 bits per heavy atom. The quantitative estimate of drug-likeness (QED) is 0.463. The van der Waals surface area contributed by atoms with Gasteiger partial charge < -0.3 is 4.79 Å². The van der Waals surface area contributed by atoms with Crippen molar-refractivity contribution in [2.45, 2.75) is 33.6 Å². The molecule has 2 unspecified atom stereocenters. The van der Waals surface area contributed by atoms with E-state index in [4.69, 9.17) is 0 Å². The van der Waals surface area contributed by atoms with Crippen LogP contribution >= 0.6 is 0 Å². The maximum Gasteiger partial charge on any atom is 0.126 e. The number of carbonyl (C=O) groups excluding carboxylic acids is 1. The standard InChI is InChI=1S/C11H18O/c1-5-6-9(2)11(8-12)7-10(11,3)4/h5,8-9H,1,6-7H2,2-4H3. The summed E-state index contributed by atoms with van der Waals surface area (Å²) in [6.45, 7) is 10.2. The smallest absolute Gasteiger partial charge is 0.126 e. The number of hydrogen-bond acceptors (Lipinski definition) is 1. The van der Waals surface area contributed by atoms with Gasteiger partial charge in [-0.3, -0.25) is 0 Å². The monoisotopic (exact) mass is 166 g/mol. The van der Waals surface area contributed by atoms with Crippen molar-refractivity contribution < 1.29 is 4.79 Å². The van der Waals surface area contributed by atoms with Crippen LogP contribution in [0.4, 0.5) is 0 Å². The largest absolute Gasteiger partial charge is 0.303 e. The third-order valence-electron chi connectivity index (χ3n) is 3.48. The van der Waals surface area contributed by atoms with Gasteiger partial charge in [0.05, 0.1) is 0 Å². The Kier molecular flexibility index (Phi) is 2.15. The van der Waals surface area contributed by atoms with Gasteiger partial charge >= 0.3 is 0 Å². The van der Waals surface area contributed by atoms with Crippen molar-refractivity contribution in [3.05, 3.63) is 12.7 Å². The molecule has 0 aromatic carbocycles. The van der Waals surface area contributed by atoms with Crippen LogP contribution in [0.3, 0.4) is 0 Å². The first kappa shape index (κ1) is 9.50. The summed E-state index contributed by atoms with van der Waals surface area (Å²) in [7, 11) is 0. The third-order valence-corrected chi connectivity index (χ3v) is 3.48. The highest BCUT2D eigenvalue weighted by molar-refractivity contribution is 5.67. The van der Waals surface area contributed by atoms with Crippen LogP contribution in [0.5, 0.6) is 0 Å². The van der Waals surface area contributed by atoms with Crippen molar-refractivity contribution in [2.75, 3.05) is 0 Å². The molecule has 0 aromatic heterocycles. The van der Waals surface area contributed by atoms with Crippen molar-refractivity contribution in [2.24, 2.45) is 16.7 Å². The molecule has 0 heterocycles. The van der Waals surface area contributed by atoms with E-state index < -0.39 is 0 Å². The van der Waals surface area contributed by atoms with Crippen molar-refractivity contribution >= 4 is 6.29 Å². The van der Waals surface area contributed by atoms with Crippen LogP contribution in [0.15, 0.2) is 12.7 Å². The lowest BCUT2D eigenvalue weighted by Gasteiger charge is -2.20. The predicted molar refractivity (Wildman–Crippen MR) is 50.9 cm³/mol. The maximum atomic E-state index is 11.0.